The van der Waals surface area contributed by atoms with E-state index in [1.165, 1.54) is 11.6 Å². The molecule has 3 N–H and O–H groups in total. The van der Waals surface area contributed by atoms with Gasteiger partial charge in [0.1, 0.15) is 5.82 Å². The first-order chi connectivity index (χ1) is 11.9. The van der Waals surface area contributed by atoms with Gasteiger partial charge in [0.05, 0.1) is 6.10 Å². The van der Waals surface area contributed by atoms with Crippen LogP contribution in [0.5, 0.6) is 0 Å². The summed E-state index contributed by atoms with van der Waals surface area (Å²) in [6, 6.07) is 8.92. The molecule has 1 aliphatic rings. The molecule has 1 fully saturated rings. The normalized spacial score (nSPS) is 22.7. The standard InChI is InChI=1S/C20H25FN2O2/c1-12(14-4-7-18(13(2)24)19(21)10-14)23-17-6-3-15(9-17)16-5-8-20(25)22-11-16/h4-5,7-8,10-13,15,17,23-24H,3,6,9H2,1-2H3,(H,22,25)/t12-,13?,15+,17?/m1/s1. The van der Waals surface area contributed by atoms with E-state index in [-0.39, 0.29) is 17.4 Å². The third-order valence-corrected chi connectivity index (χ3v) is 5.17. The predicted molar refractivity (Wildman–Crippen MR) is 96.0 cm³/mol. The fourth-order valence-corrected chi connectivity index (χ4v) is 3.71. The zero-order valence-corrected chi connectivity index (χ0v) is 14.6. The van der Waals surface area contributed by atoms with Crippen LogP contribution in [0, 0.1) is 5.82 Å². The van der Waals surface area contributed by atoms with Crippen LogP contribution in [-0.4, -0.2) is 16.1 Å². The third-order valence-electron chi connectivity index (χ3n) is 5.17. The third kappa shape index (κ3) is 4.17. The summed E-state index contributed by atoms with van der Waals surface area (Å²) in [5.74, 6) is 0.0783. The summed E-state index contributed by atoms with van der Waals surface area (Å²) in [5, 5.41) is 13.1. The van der Waals surface area contributed by atoms with Crippen LogP contribution in [-0.2, 0) is 0 Å². The smallest absolute Gasteiger partial charge is 0.247 e. The molecular weight excluding hydrogens is 319 g/mol. The van der Waals surface area contributed by atoms with Gasteiger partial charge in [0.15, 0.2) is 0 Å². The molecule has 1 aromatic carbocycles. The average molecular weight is 344 g/mol. The quantitative estimate of drug-likeness (QED) is 0.777. The van der Waals surface area contributed by atoms with Gasteiger partial charge in [-0.15, -0.1) is 0 Å². The zero-order valence-electron chi connectivity index (χ0n) is 14.6. The van der Waals surface area contributed by atoms with E-state index in [2.05, 4.69) is 10.3 Å². The first-order valence-corrected chi connectivity index (χ1v) is 8.86. The molecule has 1 aliphatic carbocycles. The zero-order chi connectivity index (χ0) is 18.0. The maximum absolute atomic E-state index is 14.1. The Balaban J connectivity index is 1.62. The number of aromatic nitrogens is 1. The number of aromatic amines is 1. The number of hydrogen-bond acceptors (Lipinski definition) is 3. The van der Waals surface area contributed by atoms with E-state index in [9.17, 15) is 14.3 Å². The molecule has 0 radical (unpaired) electrons. The van der Waals surface area contributed by atoms with Crippen molar-refractivity contribution in [3.8, 4) is 0 Å². The summed E-state index contributed by atoms with van der Waals surface area (Å²) in [6.07, 6.45) is 4.15. The van der Waals surface area contributed by atoms with Crippen molar-refractivity contribution in [1.82, 2.24) is 10.3 Å². The topological polar surface area (TPSA) is 65.1 Å². The van der Waals surface area contributed by atoms with Gasteiger partial charge in [-0.3, -0.25) is 4.79 Å². The Morgan fingerprint density at radius 1 is 1.24 bits per heavy atom. The summed E-state index contributed by atoms with van der Waals surface area (Å²) in [5.41, 5.74) is 2.31. The van der Waals surface area contributed by atoms with Gasteiger partial charge in [0.25, 0.3) is 0 Å². The Hall–Kier alpha value is -1.98. The second-order valence-electron chi connectivity index (χ2n) is 7.04. The molecule has 4 atom stereocenters. The lowest BCUT2D eigenvalue weighted by molar-refractivity contribution is 0.194. The van der Waals surface area contributed by atoms with Crippen LogP contribution >= 0.6 is 0 Å². The molecule has 0 amide bonds. The molecule has 2 unspecified atom stereocenters. The van der Waals surface area contributed by atoms with Gasteiger partial charge >= 0.3 is 0 Å². The first-order valence-electron chi connectivity index (χ1n) is 8.86. The number of H-pyrrole nitrogens is 1. The SMILES string of the molecule is CC(O)c1ccc([C@@H](C)NC2CC[C@H](c3ccc(=O)[nH]c3)C2)cc1F. The molecule has 0 aliphatic heterocycles. The van der Waals surface area contributed by atoms with E-state index >= 15 is 0 Å². The largest absolute Gasteiger partial charge is 0.389 e. The highest BCUT2D eigenvalue weighted by Crippen LogP contribution is 2.35. The van der Waals surface area contributed by atoms with Crippen molar-refractivity contribution < 1.29 is 9.50 Å². The Kier molecular flexibility index (Phi) is 5.35. The molecule has 1 aromatic heterocycles. The molecule has 5 heteroatoms. The fraction of sp³-hybridized carbons (Fsp3) is 0.450. The van der Waals surface area contributed by atoms with Crippen molar-refractivity contribution >= 4 is 0 Å². The van der Waals surface area contributed by atoms with Crippen molar-refractivity contribution in [3.63, 3.8) is 0 Å². The van der Waals surface area contributed by atoms with Crippen LogP contribution in [0.2, 0.25) is 0 Å². The number of rotatable bonds is 5. The lowest BCUT2D eigenvalue weighted by atomic mass is 9.99. The Bertz CT molecular complexity index is 767. The van der Waals surface area contributed by atoms with Gasteiger partial charge in [0.2, 0.25) is 5.56 Å². The number of benzene rings is 1. The Labute approximate surface area is 147 Å². The van der Waals surface area contributed by atoms with Crippen LogP contribution in [0.4, 0.5) is 4.39 Å². The van der Waals surface area contributed by atoms with Gasteiger partial charge < -0.3 is 15.4 Å². The van der Waals surface area contributed by atoms with E-state index < -0.39 is 6.10 Å². The minimum atomic E-state index is -0.801. The number of pyridine rings is 1. The van der Waals surface area contributed by atoms with Crippen molar-refractivity contribution in [2.45, 2.75) is 57.2 Å². The number of halogens is 1. The van der Waals surface area contributed by atoms with Crippen molar-refractivity contribution in [3.05, 3.63) is 69.4 Å². The molecule has 1 saturated carbocycles. The van der Waals surface area contributed by atoms with Crippen LogP contribution < -0.4 is 10.9 Å². The Morgan fingerprint density at radius 2 is 2.04 bits per heavy atom. The van der Waals surface area contributed by atoms with E-state index in [0.717, 1.165) is 24.8 Å². The van der Waals surface area contributed by atoms with Gasteiger partial charge in [-0.25, -0.2) is 4.39 Å². The lowest BCUT2D eigenvalue weighted by Crippen LogP contribution is -2.29. The number of nitrogens with one attached hydrogen (secondary N) is 2. The molecule has 1 heterocycles. The minimum absolute atomic E-state index is 0.0388. The van der Waals surface area contributed by atoms with Crippen molar-refractivity contribution in [1.29, 1.82) is 0 Å². The minimum Gasteiger partial charge on any atom is -0.389 e. The number of aliphatic hydroxyl groups excluding tert-OH is 1. The summed E-state index contributed by atoms with van der Waals surface area (Å²) in [4.78, 5) is 13.9. The maximum Gasteiger partial charge on any atom is 0.247 e. The van der Waals surface area contributed by atoms with E-state index in [1.807, 2.05) is 25.3 Å². The van der Waals surface area contributed by atoms with Gasteiger partial charge in [-0.2, -0.15) is 0 Å². The number of aliphatic hydroxyl groups is 1. The Morgan fingerprint density at radius 3 is 2.68 bits per heavy atom. The summed E-state index contributed by atoms with van der Waals surface area (Å²) < 4.78 is 14.1. The average Bonchev–Trinajstić information content (AvgIpc) is 3.03. The highest BCUT2D eigenvalue weighted by molar-refractivity contribution is 5.28. The molecule has 0 spiro atoms. The molecule has 3 rings (SSSR count). The van der Waals surface area contributed by atoms with E-state index in [0.29, 0.717) is 17.5 Å². The van der Waals surface area contributed by atoms with Crippen LogP contribution in [0.15, 0.2) is 41.3 Å². The van der Waals surface area contributed by atoms with Crippen molar-refractivity contribution in [2.75, 3.05) is 0 Å². The van der Waals surface area contributed by atoms with E-state index in [1.54, 1.807) is 19.1 Å². The highest BCUT2D eigenvalue weighted by Gasteiger charge is 2.27. The van der Waals surface area contributed by atoms with Crippen LogP contribution in [0.1, 0.15) is 67.9 Å². The maximum atomic E-state index is 14.1. The fourth-order valence-electron chi connectivity index (χ4n) is 3.71. The molecular formula is C20H25FN2O2. The molecule has 4 nitrogen and oxygen atoms in total. The predicted octanol–water partition coefficient (Wildman–Crippen LogP) is 3.55. The summed E-state index contributed by atoms with van der Waals surface area (Å²) >= 11 is 0. The molecule has 25 heavy (non-hydrogen) atoms. The second kappa shape index (κ2) is 7.50. The van der Waals surface area contributed by atoms with Gasteiger partial charge in [-0.1, -0.05) is 18.2 Å². The van der Waals surface area contributed by atoms with Gasteiger partial charge in [0, 0.05) is 29.9 Å². The molecule has 134 valence electrons. The van der Waals surface area contributed by atoms with Crippen molar-refractivity contribution in [2.24, 2.45) is 0 Å². The van der Waals surface area contributed by atoms with Crippen LogP contribution in [0.25, 0.3) is 0 Å². The number of hydrogen-bond donors (Lipinski definition) is 3. The second-order valence-corrected chi connectivity index (χ2v) is 7.04. The van der Waals surface area contributed by atoms with E-state index in [4.69, 9.17) is 0 Å². The van der Waals surface area contributed by atoms with Crippen LogP contribution in [0.3, 0.4) is 0 Å². The molecule has 0 saturated heterocycles. The monoisotopic (exact) mass is 344 g/mol. The molecule has 2 aromatic rings. The summed E-state index contributed by atoms with van der Waals surface area (Å²) in [7, 11) is 0. The highest BCUT2D eigenvalue weighted by atomic mass is 19.1. The first kappa shape index (κ1) is 17.8. The molecule has 0 bridgehead atoms. The lowest BCUT2D eigenvalue weighted by Gasteiger charge is -2.21. The summed E-state index contributed by atoms with van der Waals surface area (Å²) in [6.45, 7) is 3.60. The van der Waals surface area contributed by atoms with Gasteiger partial charge in [-0.05, 0) is 56.2 Å².